The molecule has 21 heavy (non-hydrogen) atoms. The lowest BCUT2D eigenvalue weighted by atomic mass is 10.3. The molecule has 2 aromatic rings. The summed E-state index contributed by atoms with van der Waals surface area (Å²) in [5, 5.41) is 4.26. The molecule has 0 aliphatic carbocycles. The van der Waals surface area contributed by atoms with Crippen molar-refractivity contribution in [3.05, 3.63) is 45.9 Å². The van der Waals surface area contributed by atoms with E-state index in [1.165, 1.54) is 17.5 Å². The molecular formula is C15H19N5O. The summed E-state index contributed by atoms with van der Waals surface area (Å²) in [6.07, 6.45) is 4.12. The van der Waals surface area contributed by atoms with Gasteiger partial charge in [0.25, 0.3) is 5.56 Å². The molecule has 6 nitrogen and oxygen atoms in total. The second kappa shape index (κ2) is 5.63. The Hall–Kier alpha value is -2.24. The van der Waals surface area contributed by atoms with Crippen LogP contribution in [0.5, 0.6) is 0 Å². The van der Waals surface area contributed by atoms with Crippen molar-refractivity contribution in [2.24, 2.45) is 0 Å². The molecular weight excluding hydrogens is 266 g/mol. The zero-order chi connectivity index (χ0) is 14.8. The van der Waals surface area contributed by atoms with Crippen LogP contribution in [-0.2, 0) is 6.54 Å². The summed E-state index contributed by atoms with van der Waals surface area (Å²) in [7, 11) is 0. The van der Waals surface area contributed by atoms with Crippen molar-refractivity contribution in [3.8, 4) is 0 Å². The average Bonchev–Trinajstić information content (AvgIpc) is 2.94. The van der Waals surface area contributed by atoms with Gasteiger partial charge in [0, 0.05) is 30.5 Å². The van der Waals surface area contributed by atoms with Crippen LogP contribution >= 0.6 is 0 Å². The van der Waals surface area contributed by atoms with Crippen molar-refractivity contribution in [1.29, 1.82) is 0 Å². The molecule has 1 saturated heterocycles. The lowest BCUT2D eigenvalue weighted by Crippen LogP contribution is -2.27. The quantitative estimate of drug-likeness (QED) is 0.850. The van der Waals surface area contributed by atoms with E-state index in [9.17, 15) is 4.79 Å². The first-order chi connectivity index (χ1) is 10.1. The minimum atomic E-state index is -0.109. The van der Waals surface area contributed by atoms with Gasteiger partial charge >= 0.3 is 0 Å². The summed E-state index contributed by atoms with van der Waals surface area (Å²) < 4.78 is 1.41. The van der Waals surface area contributed by atoms with Gasteiger partial charge in [0.2, 0.25) is 0 Å². The van der Waals surface area contributed by atoms with Crippen molar-refractivity contribution < 1.29 is 0 Å². The third-order valence-electron chi connectivity index (χ3n) is 3.65. The van der Waals surface area contributed by atoms with Crippen LogP contribution < -0.4 is 10.5 Å². The van der Waals surface area contributed by atoms with E-state index in [1.807, 2.05) is 19.9 Å². The van der Waals surface area contributed by atoms with Gasteiger partial charge < -0.3 is 4.90 Å². The fraction of sp³-hybridized carbons (Fsp3) is 0.467. The molecule has 2 aromatic heterocycles. The zero-order valence-electron chi connectivity index (χ0n) is 12.4. The van der Waals surface area contributed by atoms with Gasteiger partial charge in [-0.1, -0.05) is 0 Å². The third kappa shape index (κ3) is 3.09. The van der Waals surface area contributed by atoms with E-state index in [-0.39, 0.29) is 5.56 Å². The third-order valence-corrected chi connectivity index (χ3v) is 3.65. The van der Waals surface area contributed by atoms with Crippen LogP contribution in [0.1, 0.15) is 30.1 Å². The smallest absolute Gasteiger partial charge is 0.269 e. The van der Waals surface area contributed by atoms with Crippen LogP contribution in [0, 0.1) is 13.8 Å². The van der Waals surface area contributed by atoms with Crippen molar-refractivity contribution >= 4 is 5.69 Å². The SMILES string of the molecule is Cc1cc(C)nc(Cn2ncc(N3CCCC3)cc2=O)n1. The monoisotopic (exact) mass is 285 g/mol. The van der Waals surface area contributed by atoms with Crippen molar-refractivity contribution in [2.75, 3.05) is 18.0 Å². The molecule has 1 aliphatic rings. The van der Waals surface area contributed by atoms with E-state index in [4.69, 9.17) is 0 Å². The van der Waals surface area contributed by atoms with Gasteiger partial charge in [-0.3, -0.25) is 4.79 Å². The predicted molar refractivity (Wildman–Crippen MR) is 80.6 cm³/mol. The van der Waals surface area contributed by atoms with E-state index in [0.29, 0.717) is 12.4 Å². The minimum Gasteiger partial charge on any atom is -0.370 e. The lowest BCUT2D eigenvalue weighted by molar-refractivity contribution is 0.609. The predicted octanol–water partition coefficient (Wildman–Crippen LogP) is 1.30. The highest BCUT2D eigenvalue weighted by Crippen LogP contribution is 2.16. The van der Waals surface area contributed by atoms with Gasteiger partial charge in [0.05, 0.1) is 11.9 Å². The van der Waals surface area contributed by atoms with Crippen molar-refractivity contribution in [1.82, 2.24) is 19.7 Å². The normalized spacial score (nSPS) is 14.7. The molecule has 1 fully saturated rings. The number of aromatic nitrogens is 4. The summed E-state index contributed by atoms with van der Waals surface area (Å²) >= 11 is 0. The number of anilines is 1. The standard InChI is InChI=1S/C15H19N5O/c1-11-7-12(2)18-14(17-11)10-20-15(21)8-13(9-16-20)19-5-3-4-6-19/h7-9H,3-6,10H2,1-2H3. The molecule has 3 heterocycles. The molecule has 3 rings (SSSR count). The summed E-state index contributed by atoms with van der Waals surface area (Å²) in [5.74, 6) is 0.621. The maximum atomic E-state index is 12.2. The molecule has 0 N–H and O–H groups in total. The van der Waals surface area contributed by atoms with Crippen LogP contribution in [0.2, 0.25) is 0 Å². The molecule has 0 atom stereocenters. The average molecular weight is 285 g/mol. The van der Waals surface area contributed by atoms with Crippen LogP contribution in [0.4, 0.5) is 5.69 Å². The molecule has 0 saturated carbocycles. The Kier molecular flexibility index (Phi) is 3.68. The van der Waals surface area contributed by atoms with Gasteiger partial charge in [-0.25, -0.2) is 14.6 Å². The van der Waals surface area contributed by atoms with E-state index in [2.05, 4.69) is 20.0 Å². The molecule has 0 aromatic carbocycles. The van der Waals surface area contributed by atoms with Crippen LogP contribution in [0.3, 0.4) is 0 Å². The number of hydrogen-bond donors (Lipinski definition) is 0. The molecule has 0 radical (unpaired) electrons. The topological polar surface area (TPSA) is 63.9 Å². The Labute approximate surface area is 123 Å². The van der Waals surface area contributed by atoms with Crippen LogP contribution in [0.25, 0.3) is 0 Å². The van der Waals surface area contributed by atoms with Gasteiger partial charge in [-0.2, -0.15) is 5.10 Å². The van der Waals surface area contributed by atoms with Crippen LogP contribution in [-0.4, -0.2) is 32.8 Å². The first-order valence-corrected chi connectivity index (χ1v) is 7.25. The van der Waals surface area contributed by atoms with Crippen molar-refractivity contribution in [3.63, 3.8) is 0 Å². The second-order valence-corrected chi connectivity index (χ2v) is 5.47. The van der Waals surface area contributed by atoms with E-state index < -0.39 is 0 Å². The van der Waals surface area contributed by atoms with Crippen LogP contribution in [0.15, 0.2) is 23.1 Å². The fourth-order valence-electron chi connectivity index (χ4n) is 2.69. The molecule has 0 spiro atoms. The zero-order valence-corrected chi connectivity index (χ0v) is 12.4. The molecule has 110 valence electrons. The summed E-state index contributed by atoms with van der Waals surface area (Å²) in [6, 6.07) is 3.57. The highest BCUT2D eigenvalue weighted by Gasteiger charge is 2.14. The highest BCUT2D eigenvalue weighted by molar-refractivity contribution is 5.43. The first kappa shape index (κ1) is 13.7. The van der Waals surface area contributed by atoms with E-state index >= 15 is 0 Å². The summed E-state index contributed by atoms with van der Waals surface area (Å²) in [4.78, 5) is 23.1. The fourth-order valence-corrected chi connectivity index (χ4v) is 2.69. The summed E-state index contributed by atoms with van der Waals surface area (Å²) in [5.41, 5.74) is 2.61. The Morgan fingerprint density at radius 3 is 2.38 bits per heavy atom. The Morgan fingerprint density at radius 2 is 1.76 bits per heavy atom. The lowest BCUT2D eigenvalue weighted by Gasteiger charge is -2.17. The highest BCUT2D eigenvalue weighted by atomic mass is 16.1. The van der Waals surface area contributed by atoms with Crippen molar-refractivity contribution in [2.45, 2.75) is 33.2 Å². The molecule has 1 aliphatic heterocycles. The summed E-state index contributed by atoms with van der Waals surface area (Å²) in [6.45, 7) is 6.16. The number of hydrogen-bond acceptors (Lipinski definition) is 5. The van der Waals surface area contributed by atoms with Gasteiger partial charge in [-0.15, -0.1) is 0 Å². The Morgan fingerprint density at radius 1 is 1.10 bits per heavy atom. The number of rotatable bonds is 3. The maximum absolute atomic E-state index is 12.2. The second-order valence-electron chi connectivity index (χ2n) is 5.47. The first-order valence-electron chi connectivity index (χ1n) is 7.25. The van der Waals surface area contributed by atoms with E-state index in [1.54, 1.807) is 12.3 Å². The maximum Gasteiger partial charge on any atom is 0.269 e. The van der Waals surface area contributed by atoms with Gasteiger partial charge in [-0.05, 0) is 32.8 Å². The molecule has 0 bridgehead atoms. The number of nitrogens with zero attached hydrogens (tertiary/aromatic N) is 5. The van der Waals surface area contributed by atoms with E-state index in [0.717, 1.165) is 30.2 Å². The number of aryl methyl sites for hydroxylation is 2. The Balaban J connectivity index is 1.84. The largest absolute Gasteiger partial charge is 0.370 e. The molecule has 0 unspecified atom stereocenters. The molecule has 6 heteroatoms. The van der Waals surface area contributed by atoms with Gasteiger partial charge in [0.1, 0.15) is 12.4 Å². The molecule has 0 amide bonds. The minimum absolute atomic E-state index is 0.109. The Bertz CT molecular complexity index is 683. The van der Waals surface area contributed by atoms with Gasteiger partial charge in [0.15, 0.2) is 0 Å².